The van der Waals surface area contributed by atoms with Crippen molar-refractivity contribution in [1.29, 1.82) is 0 Å². The Hall–Kier alpha value is -0.260. The van der Waals surface area contributed by atoms with Crippen LogP contribution in [-0.2, 0) is 0 Å². The SMILES string of the molecule is CCCC=CC12CC1CC2C1C2CC21C. The van der Waals surface area contributed by atoms with E-state index >= 15 is 0 Å². The summed E-state index contributed by atoms with van der Waals surface area (Å²) in [6.07, 6.45) is 12.4. The molecule has 6 unspecified atom stereocenters. The summed E-state index contributed by atoms with van der Waals surface area (Å²) in [5, 5.41) is 0. The van der Waals surface area contributed by atoms with E-state index in [2.05, 4.69) is 26.0 Å². The van der Waals surface area contributed by atoms with Gasteiger partial charge in [-0.25, -0.2) is 0 Å². The predicted molar refractivity (Wildman–Crippen MR) is 62.4 cm³/mol. The molecule has 15 heavy (non-hydrogen) atoms. The third-order valence-electron chi connectivity index (χ3n) is 6.18. The first-order valence-corrected chi connectivity index (χ1v) is 6.90. The molecule has 0 heterocycles. The molecule has 82 valence electrons. The number of unbranched alkanes of at least 4 members (excludes halogenated alkanes) is 1. The van der Waals surface area contributed by atoms with Gasteiger partial charge in [0.05, 0.1) is 0 Å². The topological polar surface area (TPSA) is 0 Å². The van der Waals surface area contributed by atoms with Crippen LogP contribution in [0.3, 0.4) is 0 Å². The second-order valence-electron chi connectivity index (χ2n) is 6.89. The van der Waals surface area contributed by atoms with Gasteiger partial charge < -0.3 is 0 Å². The molecular weight excluding hydrogens is 180 g/mol. The van der Waals surface area contributed by atoms with Gasteiger partial charge in [-0.2, -0.15) is 0 Å². The van der Waals surface area contributed by atoms with Gasteiger partial charge in [0.2, 0.25) is 0 Å². The Labute approximate surface area is 93.1 Å². The molecule has 0 N–H and O–H groups in total. The van der Waals surface area contributed by atoms with Gasteiger partial charge in [0.25, 0.3) is 0 Å². The number of hydrogen-bond acceptors (Lipinski definition) is 0. The van der Waals surface area contributed by atoms with Gasteiger partial charge in [-0.3, -0.25) is 0 Å². The average molecular weight is 202 g/mol. The molecule has 0 aliphatic heterocycles. The zero-order valence-corrected chi connectivity index (χ0v) is 10.00. The summed E-state index contributed by atoms with van der Waals surface area (Å²) in [7, 11) is 0. The number of fused-ring (bicyclic) bond motifs is 2. The normalized spacial score (nSPS) is 63.3. The molecule has 4 saturated carbocycles. The Bertz CT molecular complexity index is 342. The van der Waals surface area contributed by atoms with E-state index in [4.69, 9.17) is 0 Å². The first-order chi connectivity index (χ1) is 7.22. The van der Waals surface area contributed by atoms with E-state index < -0.39 is 0 Å². The average Bonchev–Trinajstić information content (AvgIpc) is 3.08. The molecule has 0 heteroatoms. The van der Waals surface area contributed by atoms with Crippen molar-refractivity contribution in [2.24, 2.45) is 34.5 Å². The minimum absolute atomic E-state index is 0.746. The summed E-state index contributed by atoms with van der Waals surface area (Å²) in [4.78, 5) is 0. The molecule has 4 aliphatic carbocycles. The lowest BCUT2D eigenvalue weighted by Crippen LogP contribution is -2.31. The fourth-order valence-corrected chi connectivity index (χ4v) is 4.73. The molecule has 0 radical (unpaired) electrons. The molecule has 0 nitrogen and oxygen atoms in total. The van der Waals surface area contributed by atoms with Crippen LogP contribution in [0.5, 0.6) is 0 Å². The van der Waals surface area contributed by atoms with Crippen molar-refractivity contribution < 1.29 is 0 Å². The van der Waals surface area contributed by atoms with Crippen molar-refractivity contribution in [2.45, 2.75) is 46.0 Å². The van der Waals surface area contributed by atoms with E-state index in [0.29, 0.717) is 0 Å². The minimum atomic E-state index is 0.746. The zero-order chi connectivity index (χ0) is 10.3. The van der Waals surface area contributed by atoms with Crippen LogP contribution in [0.4, 0.5) is 0 Å². The molecule has 0 saturated heterocycles. The second kappa shape index (κ2) is 2.36. The molecular formula is C15H22. The monoisotopic (exact) mass is 202 g/mol. The summed E-state index contributed by atoms with van der Waals surface area (Å²) < 4.78 is 0. The van der Waals surface area contributed by atoms with Gasteiger partial charge in [0.15, 0.2) is 0 Å². The molecule has 0 bridgehead atoms. The maximum atomic E-state index is 2.62. The van der Waals surface area contributed by atoms with E-state index in [1.165, 1.54) is 25.2 Å². The molecule has 4 aliphatic rings. The lowest BCUT2D eigenvalue weighted by atomic mass is 9.67. The van der Waals surface area contributed by atoms with Crippen LogP contribution in [0.2, 0.25) is 0 Å². The molecule has 0 aromatic carbocycles. The van der Waals surface area contributed by atoms with E-state index in [-0.39, 0.29) is 0 Å². The van der Waals surface area contributed by atoms with Gasteiger partial charge in [-0.1, -0.05) is 32.4 Å². The highest BCUT2D eigenvalue weighted by molar-refractivity contribution is 5.35. The molecule has 0 amide bonds. The third-order valence-corrected chi connectivity index (χ3v) is 6.18. The van der Waals surface area contributed by atoms with E-state index in [1.54, 1.807) is 12.8 Å². The van der Waals surface area contributed by atoms with Gasteiger partial charge >= 0.3 is 0 Å². The summed E-state index contributed by atoms with van der Waals surface area (Å²) in [6.45, 7) is 4.81. The number of allylic oxidation sites excluding steroid dienone is 2. The van der Waals surface area contributed by atoms with Crippen molar-refractivity contribution in [3.05, 3.63) is 12.2 Å². The van der Waals surface area contributed by atoms with Crippen molar-refractivity contribution in [3.63, 3.8) is 0 Å². The molecule has 4 fully saturated rings. The number of rotatable bonds is 4. The largest absolute Gasteiger partial charge is 0.0880 e. The van der Waals surface area contributed by atoms with Crippen molar-refractivity contribution in [2.75, 3.05) is 0 Å². The minimum Gasteiger partial charge on any atom is -0.0880 e. The Balaban J connectivity index is 1.46. The quantitative estimate of drug-likeness (QED) is 0.604. The van der Waals surface area contributed by atoms with Crippen LogP contribution in [0.25, 0.3) is 0 Å². The lowest BCUT2D eigenvalue weighted by Gasteiger charge is -2.38. The molecule has 0 aromatic heterocycles. The molecule has 6 atom stereocenters. The smallest absolute Gasteiger partial charge is 0.00553 e. The maximum Gasteiger partial charge on any atom is -0.00553 e. The molecule has 0 spiro atoms. The van der Waals surface area contributed by atoms with Gasteiger partial charge in [0, 0.05) is 0 Å². The van der Waals surface area contributed by atoms with Crippen LogP contribution in [-0.4, -0.2) is 0 Å². The third kappa shape index (κ3) is 0.905. The maximum absolute atomic E-state index is 2.62. The Morgan fingerprint density at radius 3 is 2.53 bits per heavy atom. The summed E-state index contributed by atoms with van der Waals surface area (Å²) in [6, 6.07) is 0. The van der Waals surface area contributed by atoms with Crippen molar-refractivity contribution in [3.8, 4) is 0 Å². The highest BCUT2D eigenvalue weighted by Gasteiger charge is 2.83. The van der Waals surface area contributed by atoms with Gasteiger partial charge in [0.1, 0.15) is 0 Å². The summed E-state index contributed by atoms with van der Waals surface area (Å²) in [5.74, 6) is 4.54. The van der Waals surface area contributed by atoms with E-state index in [9.17, 15) is 0 Å². The van der Waals surface area contributed by atoms with Crippen LogP contribution in [0.15, 0.2) is 12.2 Å². The first kappa shape index (κ1) is 8.84. The Morgan fingerprint density at radius 2 is 2.07 bits per heavy atom. The fraction of sp³-hybridized carbons (Fsp3) is 0.867. The Morgan fingerprint density at radius 1 is 1.27 bits per heavy atom. The van der Waals surface area contributed by atoms with Gasteiger partial charge in [-0.05, 0) is 60.2 Å². The highest BCUT2D eigenvalue weighted by atomic mass is 14.9. The highest BCUT2D eigenvalue weighted by Crippen LogP contribution is 2.89. The van der Waals surface area contributed by atoms with E-state index in [1.807, 2.05) is 0 Å². The Kier molecular flexibility index (Phi) is 1.39. The van der Waals surface area contributed by atoms with Crippen LogP contribution in [0.1, 0.15) is 46.0 Å². The van der Waals surface area contributed by atoms with Crippen molar-refractivity contribution in [1.82, 2.24) is 0 Å². The van der Waals surface area contributed by atoms with Crippen LogP contribution in [0, 0.1) is 34.5 Å². The fourth-order valence-electron chi connectivity index (χ4n) is 4.73. The van der Waals surface area contributed by atoms with Gasteiger partial charge in [-0.15, -0.1) is 0 Å². The predicted octanol–water partition coefficient (Wildman–Crippen LogP) is 4.02. The van der Waals surface area contributed by atoms with Crippen molar-refractivity contribution >= 4 is 0 Å². The molecule has 0 aromatic rings. The van der Waals surface area contributed by atoms with Crippen LogP contribution < -0.4 is 0 Å². The summed E-state index contributed by atoms with van der Waals surface area (Å²) >= 11 is 0. The summed E-state index contributed by atoms with van der Waals surface area (Å²) in [5.41, 5.74) is 1.60. The standard InChI is InChI=1S/C15H22/c1-3-4-5-6-15-8-10(15)7-11(15)13-12-9-14(12,13)2/h5-6,10-13H,3-4,7-9H2,1-2H3. The lowest BCUT2D eigenvalue weighted by molar-refractivity contribution is 0.139. The first-order valence-electron chi connectivity index (χ1n) is 6.90. The molecule has 4 rings (SSSR count). The van der Waals surface area contributed by atoms with E-state index in [0.717, 1.165) is 28.6 Å². The number of hydrogen-bond donors (Lipinski definition) is 0. The van der Waals surface area contributed by atoms with Crippen LogP contribution >= 0.6 is 0 Å². The second-order valence-corrected chi connectivity index (χ2v) is 6.89. The zero-order valence-electron chi connectivity index (χ0n) is 10.00.